The maximum absolute atomic E-state index is 12.5. The van der Waals surface area contributed by atoms with E-state index in [2.05, 4.69) is 25.2 Å². The van der Waals surface area contributed by atoms with E-state index in [9.17, 15) is 4.79 Å². The van der Waals surface area contributed by atoms with Gasteiger partial charge in [-0.2, -0.15) is 0 Å². The molecule has 0 radical (unpaired) electrons. The lowest BCUT2D eigenvalue weighted by Crippen LogP contribution is -2.46. The number of nitrogens with one attached hydrogen (secondary N) is 1. The number of carbonyl (C=O) groups excluding carboxylic acids is 1. The highest BCUT2D eigenvalue weighted by molar-refractivity contribution is 5.79. The third-order valence-electron chi connectivity index (χ3n) is 4.52. The molecule has 2 aliphatic rings. The van der Waals surface area contributed by atoms with Gasteiger partial charge in [0.2, 0.25) is 11.9 Å². The second kappa shape index (κ2) is 6.52. The van der Waals surface area contributed by atoms with Crippen molar-refractivity contribution in [3.8, 4) is 0 Å². The van der Waals surface area contributed by atoms with Crippen LogP contribution in [0.3, 0.4) is 0 Å². The van der Waals surface area contributed by atoms with Crippen LogP contribution in [-0.2, 0) is 16.1 Å². The molecule has 0 unspecified atom stereocenters. The molecule has 2 aliphatic heterocycles. The lowest BCUT2D eigenvalue weighted by molar-refractivity contribution is -0.126. The van der Waals surface area contributed by atoms with Gasteiger partial charge in [-0.1, -0.05) is 6.07 Å². The smallest absolute Gasteiger partial charge is 0.226 e. The normalized spacial score (nSPS) is 25.5. The summed E-state index contributed by atoms with van der Waals surface area (Å²) < 4.78 is 5.96. The van der Waals surface area contributed by atoms with Gasteiger partial charge < -0.3 is 15.0 Å². The number of rotatable bonds is 4. The third-order valence-corrected chi connectivity index (χ3v) is 4.52. The quantitative estimate of drug-likeness (QED) is 0.895. The molecule has 124 valence electrons. The molecule has 7 nitrogen and oxygen atoms in total. The van der Waals surface area contributed by atoms with Gasteiger partial charge in [-0.3, -0.25) is 9.78 Å². The van der Waals surface area contributed by atoms with Crippen LogP contribution in [0.15, 0.2) is 43.0 Å². The number of ether oxygens (including phenoxy) is 1. The van der Waals surface area contributed by atoms with E-state index in [4.69, 9.17) is 4.74 Å². The molecule has 3 atom stereocenters. The minimum Gasteiger partial charge on any atom is -0.370 e. The fraction of sp³-hybridized carbons (Fsp3) is 0.412. The van der Waals surface area contributed by atoms with Crippen LogP contribution in [0.2, 0.25) is 0 Å². The van der Waals surface area contributed by atoms with Crippen LogP contribution < -0.4 is 10.2 Å². The second-order valence-electron chi connectivity index (χ2n) is 6.17. The summed E-state index contributed by atoms with van der Waals surface area (Å²) in [6.45, 7) is 1.87. The minimum absolute atomic E-state index is 0.0437. The van der Waals surface area contributed by atoms with Gasteiger partial charge in [-0.15, -0.1) is 0 Å². The molecule has 7 heteroatoms. The Bertz CT molecular complexity index is 697. The van der Waals surface area contributed by atoms with E-state index < -0.39 is 0 Å². The minimum atomic E-state index is -0.125. The van der Waals surface area contributed by atoms with Crippen molar-refractivity contribution in [3.63, 3.8) is 0 Å². The summed E-state index contributed by atoms with van der Waals surface area (Å²) in [6, 6.07) is 5.61. The maximum Gasteiger partial charge on any atom is 0.226 e. The number of nitrogens with zero attached hydrogens (tertiary/aromatic N) is 4. The Morgan fingerprint density at radius 1 is 1.25 bits per heavy atom. The first-order valence-electron chi connectivity index (χ1n) is 8.13. The summed E-state index contributed by atoms with van der Waals surface area (Å²) in [7, 11) is 0. The van der Waals surface area contributed by atoms with Gasteiger partial charge in [0, 0.05) is 44.4 Å². The highest BCUT2D eigenvalue weighted by Gasteiger charge is 2.45. The number of pyridine rings is 1. The Labute approximate surface area is 140 Å². The van der Waals surface area contributed by atoms with Gasteiger partial charge >= 0.3 is 0 Å². The highest BCUT2D eigenvalue weighted by atomic mass is 16.5. The Kier molecular flexibility index (Phi) is 4.08. The maximum atomic E-state index is 12.5. The fourth-order valence-electron chi connectivity index (χ4n) is 3.37. The molecule has 0 saturated carbocycles. The predicted octanol–water partition coefficient (Wildman–Crippen LogP) is 0.782. The fourth-order valence-corrected chi connectivity index (χ4v) is 3.37. The van der Waals surface area contributed by atoms with Crippen molar-refractivity contribution in [1.29, 1.82) is 0 Å². The van der Waals surface area contributed by atoms with E-state index in [0.29, 0.717) is 19.0 Å². The number of carbonyl (C=O) groups is 1. The molecule has 0 spiro atoms. The van der Waals surface area contributed by atoms with Crippen LogP contribution in [-0.4, -0.2) is 46.2 Å². The second-order valence-corrected chi connectivity index (χ2v) is 6.17. The van der Waals surface area contributed by atoms with Crippen molar-refractivity contribution in [2.75, 3.05) is 18.0 Å². The van der Waals surface area contributed by atoms with Crippen LogP contribution in [0.5, 0.6) is 0 Å². The summed E-state index contributed by atoms with van der Waals surface area (Å²) in [5.74, 6) is 0.620. The highest BCUT2D eigenvalue weighted by Crippen LogP contribution is 2.33. The van der Waals surface area contributed by atoms with E-state index in [-0.39, 0.29) is 24.0 Å². The summed E-state index contributed by atoms with van der Waals surface area (Å²) >= 11 is 0. The lowest BCUT2D eigenvalue weighted by Gasteiger charge is -2.32. The zero-order valence-corrected chi connectivity index (χ0v) is 13.2. The van der Waals surface area contributed by atoms with Gasteiger partial charge in [0.05, 0.1) is 18.1 Å². The Balaban J connectivity index is 1.38. The number of morpholine rings is 1. The molecule has 2 aromatic heterocycles. The van der Waals surface area contributed by atoms with E-state index in [1.165, 1.54) is 0 Å². The number of hydrogen-bond acceptors (Lipinski definition) is 6. The number of amides is 1. The van der Waals surface area contributed by atoms with Gasteiger partial charge in [0.1, 0.15) is 0 Å². The van der Waals surface area contributed by atoms with Crippen molar-refractivity contribution in [3.05, 3.63) is 48.5 Å². The molecule has 2 saturated heterocycles. The molecule has 0 aromatic carbocycles. The van der Waals surface area contributed by atoms with Gasteiger partial charge in [-0.25, -0.2) is 9.97 Å². The van der Waals surface area contributed by atoms with E-state index >= 15 is 0 Å². The average Bonchev–Trinajstić information content (AvgIpc) is 2.95. The van der Waals surface area contributed by atoms with Gasteiger partial charge in [-0.05, 0) is 24.1 Å². The van der Waals surface area contributed by atoms with E-state index in [0.717, 1.165) is 18.5 Å². The van der Waals surface area contributed by atoms with Crippen LogP contribution in [0.4, 0.5) is 5.95 Å². The van der Waals surface area contributed by atoms with Crippen LogP contribution >= 0.6 is 0 Å². The van der Waals surface area contributed by atoms with Crippen LogP contribution in [0, 0.1) is 5.92 Å². The summed E-state index contributed by atoms with van der Waals surface area (Å²) in [4.78, 5) is 27.3. The Hall–Kier alpha value is -2.54. The van der Waals surface area contributed by atoms with Crippen molar-refractivity contribution in [1.82, 2.24) is 20.3 Å². The molecule has 24 heavy (non-hydrogen) atoms. The predicted molar refractivity (Wildman–Crippen MR) is 87.1 cm³/mol. The van der Waals surface area contributed by atoms with Gasteiger partial charge in [0.25, 0.3) is 0 Å². The summed E-state index contributed by atoms with van der Waals surface area (Å²) in [5, 5.41) is 3.00. The largest absolute Gasteiger partial charge is 0.370 e. The number of anilines is 1. The zero-order valence-electron chi connectivity index (χ0n) is 13.2. The molecule has 2 bridgehead atoms. The summed E-state index contributed by atoms with van der Waals surface area (Å²) in [6.07, 6.45) is 7.64. The third kappa shape index (κ3) is 3.07. The van der Waals surface area contributed by atoms with Crippen molar-refractivity contribution in [2.24, 2.45) is 5.92 Å². The number of hydrogen-bond donors (Lipinski definition) is 1. The first kappa shape index (κ1) is 15.0. The zero-order chi connectivity index (χ0) is 16.4. The summed E-state index contributed by atoms with van der Waals surface area (Å²) in [5.41, 5.74) is 0.993. The molecular weight excluding hydrogens is 306 g/mol. The van der Waals surface area contributed by atoms with Crippen molar-refractivity contribution < 1.29 is 9.53 Å². The topological polar surface area (TPSA) is 80.2 Å². The first-order chi connectivity index (χ1) is 11.8. The molecule has 4 heterocycles. The molecule has 2 fully saturated rings. The Morgan fingerprint density at radius 2 is 2.12 bits per heavy atom. The Morgan fingerprint density at radius 3 is 2.92 bits per heavy atom. The molecule has 2 aromatic rings. The van der Waals surface area contributed by atoms with Gasteiger partial charge in [0.15, 0.2) is 0 Å². The SMILES string of the molecule is O=C(NCc1cccnc1)[C@@H]1C[C@H]2CN(c3ncccn3)C[C@H]1O2. The van der Waals surface area contributed by atoms with Crippen LogP contribution in [0.25, 0.3) is 0 Å². The van der Waals surface area contributed by atoms with Crippen LogP contribution in [0.1, 0.15) is 12.0 Å². The average molecular weight is 325 g/mol. The molecule has 4 rings (SSSR count). The first-order valence-corrected chi connectivity index (χ1v) is 8.13. The monoisotopic (exact) mass is 325 g/mol. The lowest BCUT2D eigenvalue weighted by atomic mass is 9.99. The number of aromatic nitrogens is 3. The molecule has 1 N–H and O–H groups in total. The molecule has 0 aliphatic carbocycles. The number of fused-ring (bicyclic) bond motifs is 2. The standard InChI is InChI=1S/C17H19N5O2/c23-16(21-9-12-3-1-4-18-8-12)14-7-13-10-22(11-15(14)24-13)17-19-5-2-6-20-17/h1-6,8,13-15H,7,9-11H2,(H,21,23)/t13-,14+,15+/m0/s1. The molecular formula is C17H19N5O2. The molecule has 1 amide bonds. The van der Waals surface area contributed by atoms with Crippen molar-refractivity contribution >= 4 is 11.9 Å². The van der Waals surface area contributed by atoms with E-state index in [1.54, 1.807) is 30.9 Å². The van der Waals surface area contributed by atoms with E-state index in [1.807, 2.05) is 12.1 Å². The van der Waals surface area contributed by atoms with Crippen molar-refractivity contribution in [2.45, 2.75) is 25.2 Å².